The zero-order valence-corrected chi connectivity index (χ0v) is 16.9. The van der Waals surface area contributed by atoms with Gasteiger partial charge in [-0.3, -0.25) is 4.79 Å². The average molecular weight is 378 g/mol. The first-order valence-electron chi connectivity index (χ1n) is 9.40. The summed E-state index contributed by atoms with van der Waals surface area (Å²) in [6.07, 6.45) is 1.68. The van der Waals surface area contributed by atoms with Crippen LogP contribution in [0.25, 0.3) is 5.82 Å². The highest BCUT2D eigenvalue weighted by Crippen LogP contribution is 2.20. The molecular weight excluding hydrogens is 352 g/mol. The van der Waals surface area contributed by atoms with Gasteiger partial charge in [0.1, 0.15) is 5.75 Å². The van der Waals surface area contributed by atoms with Crippen LogP contribution in [0.1, 0.15) is 54.1 Å². The van der Waals surface area contributed by atoms with E-state index in [0.29, 0.717) is 11.4 Å². The van der Waals surface area contributed by atoms with Gasteiger partial charge >= 0.3 is 0 Å². The van der Waals surface area contributed by atoms with Crippen molar-refractivity contribution in [2.24, 2.45) is 0 Å². The lowest BCUT2D eigenvalue weighted by molar-refractivity contribution is 0.0939. The molecule has 0 radical (unpaired) electrons. The lowest BCUT2D eigenvalue weighted by atomic mass is 10.1. The van der Waals surface area contributed by atoms with Crippen LogP contribution in [0.15, 0.2) is 48.7 Å². The molecule has 0 saturated carbocycles. The SMILES string of the molecule is Cc1cc(C)n(-c2ccc(C(=O)NC(C)c3cccc(OC(C)C)c3)cn2)n1. The molecule has 0 spiro atoms. The van der Waals surface area contributed by atoms with E-state index in [0.717, 1.165) is 22.7 Å². The Bertz CT molecular complexity index is 961. The van der Waals surface area contributed by atoms with Crippen LogP contribution in [0, 0.1) is 13.8 Å². The van der Waals surface area contributed by atoms with Crippen molar-refractivity contribution in [2.45, 2.75) is 46.8 Å². The van der Waals surface area contributed by atoms with Crippen molar-refractivity contribution in [2.75, 3.05) is 0 Å². The van der Waals surface area contributed by atoms with Crippen molar-refractivity contribution in [1.82, 2.24) is 20.1 Å². The third-order valence-electron chi connectivity index (χ3n) is 4.31. The Labute approximate surface area is 165 Å². The molecule has 2 heterocycles. The van der Waals surface area contributed by atoms with Crippen LogP contribution in [0.4, 0.5) is 0 Å². The monoisotopic (exact) mass is 378 g/mol. The summed E-state index contributed by atoms with van der Waals surface area (Å²) in [4.78, 5) is 17.0. The first kappa shape index (κ1) is 19.6. The summed E-state index contributed by atoms with van der Waals surface area (Å²) in [6, 6.07) is 13.2. The van der Waals surface area contributed by atoms with Crippen molar-refractivity contribution in [1.29, 1.82) is 0 Å². The molecule has 1 atom stereocenters. The zero-order chi connectivity index (χ0) is 20.3. The largest absolute Gasteiger partial charge is 0.491 e. The van der Waals surface area contributed by atoms with Crippen LogP contribution < -0.4 is 10.1 Å². The maximum absolute atomic E-state index is 12.6. The summed E-state index contributed by atoms with van der Waals surface area (Å²) >= 11 is 0. The van der Waals surface area contributed by atoms with Gasteiger partial charge in [-0.25, -0.2) is 9.67 Å². The number of nitrogens with one attached hydrogen (secondary N) is 1. The molecule has 1 N–H and O–H groups in total. The lowest BCUT2D eigenvalue weighted by Crippen LogP contribution is -2.26. The summed E-state index contributed by atoms with van der Waals surface area (Å²) < 4.78 is 7.49. The second-order valence-corrected chi connectivity index (χ2v) is 7.18. The molecule has 1 aromatic carbocycles. The molecule has 1 unspecified atom stereocenters. The number of amides is 1. The molecule has 0 aliphatic heterocycles. The first-order chi connectivity index (χ1) is 13.3. The standard InChI is InChI=1S/C22H26N4O2/c1-14(2)28-20-8-6-7-18(12-20)17(5)24-22(27)19-9-10-21(23-13-19)26-16(4)11-15(3)25-26/h6-14,17H,1-5H3,(H,24,27). The van der Waals surface area contributed by atoms with E-state index in [1.54, 1.807) is 23.0 Å². The fourth-order valence-corrected chi connectivity index (χ4v) is 3.00. The Kier molecular flexibility index (Phi) is 5.78. The minimum absolute atomic E-state index is 0.104. The van der Waals surface area contributed by atoms with Gasteiger partial charge < -0.3 is 10.1 Å². The molecule has 28 heavy (non-hydrogen) atoms. The van der Waals surface area contributed by atoms with E-state index in [4.69, 9.17) is 4.74 Å². The molecule has 3 aromatic rings. The van der Waals surface area contributed by atoms with Crippen molar-refractivity contribution in [3.63, 3.8) is 0 Å². The smallest absolute Gasteiger partial charge is 0.253 e. The number of ether oxygens (including phenoxy) is 1. The molecule has 2 aromatic heterocycles. The first-order valence-corrected chi connectivity index (χ1v) is 9.40. The van der Waals surface area contributed by atoms with E-state index in [2.05, 4.69) is 15.4 Å². The van der Waals surface area contributed by atoms with Crippen molar-refractivity contribution >= 4 is 5.91 Å². The van der Waals surface area contributed by atoms with Crippen LogP contribution in [0.3, 0.4) is 0 Å². The van der Waals surface area contributed by atoms with Gasteiger partial charge in [-0.05, 0) is 70.5 Å². The number of aromatic nitrogens is 3. The highest BCUT2D eigenvalue weighted by Gasteiger charge is 2.14. The fourth-order valence-electron chi connectivity index (χ4n) is 3.00. The summed E-state index contributed by atoms with van der Waals surface area (Å²) in [7, 11) is 0. The van der Waals surface area contributed by atoms with Crippen molar-refractivity contribution in [3.8, 4) is 11.6 Å². The summed E-state index contributed by atoms with van der Waals surface area (Å²) in [6.45, 7) is 9.83. The topological polar surface area (TPSA) is 69.0 Å². The van der Waals surface area contributed by atoms with E-state index in [9.17, 15) is 4.79 Å². The Morgan fingerprint density at radius 3 is 2.50 bits per heavy atom. The molecule has 1 amide bonds. The molecule has 146 valence electrons. The van der Waals surface area contributed by atoms with Crippen molar-refractivity contribution < 1.29 is 9.53 Å². The number of carbonyl (C=O) groups excluding carboxylic acids is 1. The maximum atomic E-state index is 12.6. The van der Waals surface area contributed by atoms with E-state index in [1.165, 1.54) is 0 Å². The number of carbonyl (C=O) groups is 1. The third kappa shape index (κ3) is 4.57. The Morgan fingerprint density at radius 1 is 1.11 bits per heavy atom. The Hall–Kier alpha value is -3.15. The van der Waals surface area contributed by atoms with Gasteiger partial charge in [0.25, 0.3) is 5.91 Å². The van der Waals surface area contributed by atoms with Gasteiger partial charge in [0.15, 0.2) is 5.82 Å². The molecule has 0 aliphatic carbocycles. The predicted octanol–water partition coefficient (Wildman–Crippen LogP) is 4.16. The second kappa shape index (κ2) is 8.25. The number of hydrogen-bond acceptors (Lipinski definition) is 4. The van der Waals surface area contributed by atoms with Gasteiger partial charge in [0.05, 0.1) is 23.4 Å². The van der Waals surface area contributed by atoms with Crippen LogP contribution >= 0.6 is 0 Å². The van der Waals surface area contributed by atoms with Crippen LogP contribution in [0.2, 0.25) is 0 Å². The van der Waals surface area contributed by atoms with E-state index >= 15 is 0 Å². The third-order valence-corrected chi connectivity index (χ3v) is 4.31. The number of benzene rings is 1. The van der Waals surface area contributed by atoms with Crippen LogP contribution in [-0.2, 0) is 0 Å². The summed E-state index contributed by atoms with van der Waals surface area (Å²) in [5.74, 6) is 1.31. The summed E-state index contributed by atoms with van der Waals surface area (Å²) in [5, 5.41) is 7.42. The normalized spacial score (nSPS) is 12.1. The van der Waals surface area contributed by atoms with Gasteiger partial charge in [-0.1, -0.05) is 12.1 Å². The van der Waals surface area contributed by atoms with E-state index < -0.39 is 0 Å². The Balaban J connectivity index is 1.70. The molecule has 0 aliphatic rings. The highest BCUT2D eigenvalue weighted by atomic mass is 16.5. The molecule has 0 bridgehead atoms. The van der Waals surface area contributed by atoms with Gasteiger partial charge in [0, 0.05) is 11.9 Å². The van der Waals surface area contributed by atoms with Crippen molar-refractivity contribution in [3.05, 3.63) is 71.2 Å². The van der Waals surface area contributed by atoms with Crippen LogP contribution in [0.5, 0.6) is 5.75 Å². The molecular formula is C22H26N4O2. The lowest BCUT2D eigenvalue weighted by Gasteiger charge is -2.16. The zero-order valence-electron chi connectivity index (χ0n) is 16.9. The molecule has 6 nitrogen and oxygen atoms in total. The molecule has 0 fully saturated rings. The number of nitrogens with zero attached hydrogens (tertiary/aromatic N) is 3. The number of rotatable bonds is 6. The fraction of sp³-hybridized carbons (Fsp3) is 0.318. The molecule has 0 saturated heterocycles. The van der Waals surface area contributed by atoms with Gasteiger partial charge in [0.2, 0.25) is 0 Å². The highest BCUT2D eigenvalue weighted by molar-refractivity contribution is 5.94. The maximum Gasteiger partial charge on any atom is 0.253 e. The van der Waals surface area contributed by atoms with E-state index in [-0.39, 0.29) is 18.1 Å². The number of aryl methyl sites for hydroxylation is 2. The average Bonchev–Trinajstić information content (AvgIpc) is 2.99. The van der Waals surface area contributed by atoms with Gasteiger partial charge in [-0.15, -0.1) is 0 Å². The molecule has 3 rings (SSSR count). The minimum atomic E-state index is -0.171. The van der Waals surface area contributed by atoms with Gasteiger partial charge in [-0.2, -0.15) is 5.10 Å². The number of hydrogen-bond donors (Lipinski definition) is 1. The molecule has 6 heteroatoms. The predicted molar refractivity (Wildman–Crippen MR) is 109 cm³/mol. The summed E-state index contributed by atoms with van der Waals surface area (Å²) in [5.41, 5.74) is 3.42. The number of pyridine rings is 1. The Morgan fingerprint density at radius 2 is 1.89 bits per heavy atom. The second-order valence-electron chi connectivity index (χ2n) is 7.18. The quantitative estimate of drug-likeness (QED) is 0.699. The van der Waals surface area contributed by atoms with E-state index in [1.807, 2.05) is 65.0 Å². The van der Waals surface area contributed by atoms with Crippen LogP contribution in [-0.4, -0.2) is 26.8 Å². The minimum Gasteiger partial charge on any atom is -0.491 e.